The van der Waals surface area contributed by atoms with Crippen molar-refractivity contribution in [3.05, 3.63) is 0 Å². The van der Waals surface area contributed by atoms with Crippen LogP contribution in [0.3, 0.4) is 0 Å². The molecule has 1 rings (SSSR count). The standard InChI is InChI=1S/C14H29N3O3S/c1-4-17(21(3,19)20)11-7-10-15-12(2)14(18)16-13-8-5-6-9-13/h12-13,15H,4-11H2,1-3H3,(H,16,18). The molecule has 1 aliphatic rings. The largest absolute Gasteiger partial charge is 0.352 e. The quantitative estimate of drug-likeness (QED) is 0.613. The Labute approximate surface area is 128 Å². The number of hydrogen-bond acceptors (Lipinski definition) is 4. The maximum atomic E-state index is 12.0. The van der Waals surface area contributed by atoms with Crippen LogP contribution in [0.25, 0.3) is 0 Å². The van der Waals surface area contributed by atoms with Crippen molar-refractivity contribution in [1.29, 1.82) is 0 Å². The topological polar surface area (TPSA) is 78.5 Å². The molecule has 0 aromatic rings. The molecule has 0 heterocycles. The van der Waals surface area contributed by atoms with Crippen molar-refractivity contribution < 1.29 is 13.2 Å². The fraction of sp³-hybridized carbons (Fsp3) is 0.929. The Morgan fingerprint density at radius 1 is 1.33 bits per heavy atom. The molecule has 1 fully saturated rings. The number of carbonyl (C=O) groups excluding carboxylic acids is 1. The lowest BCUT2D eigenvalue weighted by Crippen LogP contribution is -2.46. The van der Waals surface area contributed by atoms with Crippen molar-refractivity contribution in [3.63, 3.8) is 0 Å². The summed E-state index contributed by atoms with van der Waals surface area (Å²) in [5, 5.41) is 6.21. The first kappa shape index (κ1) is 18.4. The molecule has 1 saturated carbocycles. The average molecular weight is 319 g/mol. The van der Waals surface area contributed by atoms with Gasteiger partial charge in [0.15, 0.2) is 0 Å². The van der Waals surface area contributed by atoms with Gasteiger partial charge in [-0.05, 0) is 32.7 Å². The minimum atomic E-state index is -3.12. The van der Waals surface area contributed by atoms with Gasteiger partial charge in [-0.25, -0.2) is 12.7 Å². The maximum Gasteiger partial charge on any atom is 0.237 e. The van der Waals surface area contributed by atoms with Crippen LogP contribution < -0.4 is 10.6 Å². The Balaban J connectivity index is 2.20. The summed E-state index contributed by atoms with van der Waals surface area (Å²) < 4.78 is 24.3. The van der Waals surface area contributed by atoms with E-state index in [4.69, 9.17) is 0 Å². The first-order chi connectivity index (χ1) is 9.84. The average Bonchev–Trinajstić information content (AvgIpc) is 2.89. The van der Waals surface area contributed by atoms with E-state index < -0.39 is 10.0 Å². The van der Waals surface area contributed by atoms with Gasteiger partial charge in [-0.2, -0.15) is 0 Å². The molecular formula is C14H29N3O3S. The molecule has 21 heavy (non-hydrogen) atoms. The molecule has 0 saturated heterocycles. The van der Waals surface area contributed by atoms with Gasteiger partial charge in [0, 0.05) is 19.1 Å². The monoisotopic (exact) mass is 319 g/mol. The number of hydrogen-bond donors (Lipinski definition) is 2. The fourth-order valence-electron chi connectivity index (χ4n) is 2.62. The molecule has 0 aliphatic heterocycles. The van der Waals surface area contributed by atoms with Crippen molar-refractivity contribution in [2.24, 2.45) is 0 Å². The second-order valence-electron chi connectivity index (χ2n) is 5.77. The van der Waals surface area contributed by atoms with Gasteiger partial charge in [-0.3, -0.25) is 4.79 Å². The van der Waals surface area contributed by atoms with Crippen molar-refractivity contribution in [1.82, 2.24) is 14.9 Å². The molecule has 1 amide bonds. The van der Waals surface area contributed by atoms with Gasteiger partial charge in [0.2, 0.25) is 15.9 Å². The Kier molecular flexibility index (Phi) is 7.62. The predicted octanol–water partition coefficient (Wildman–Crippen LogP) is 0.695. The highest BCUT2D eigenvalue weighted by molar-refractivity contribution is 7.88. The molecular weight excluding hydrogens is 290 g/mol. The second kappa shape index (κ2) is 8.70. The molecule has 2 N–H and O–H groups in total. The molecule has 1 atom stereocenters. The van der Waals surface area contributed by atoms with Crippen LogP contribution in [0.5, 0.6) is 0 Å². The van der Waals surface area contributed by atoms with Crippen molar-refractivity contribution in [3.8, 4) is 0 Å². The van der Waals surface area contributed by atoms with Crippen molar-refractivity contribution in [2.75, 3.05) is 25.9 Å². The van der Waals surface area contributed by atoms with E-state index in [9.17, 15) is 13.2 Å². The van der Waals surface area contributed by atoms with Crippen LogP contribution in [0.15, 0.2) is 0 Å². The van der Waals surface area contributed by atoms with E-state index in [2.05, 4.69) is 10.6 Å². The zero-order valence-electron chi connectivity index (χ0n) is 13.4. The van der Waals surface area contributed by atoms with Gasteiger partial charge in [0.25, 0.3) is 0 Å². The number of amides is 1. The molecule has 6 nitrogen and oxygen atoms in total. The van der Waals surface area contributed by atoms with Gasteiger partial charge < -0.3 is 10.6 Å². The highest BCUT2D eigenvalue weighted by Crippen LogP contribution is 2.17. The number of sulfonamides is 1. The first-order valence-corrected chi connectivity index (χ1v) is 9.68. The summed E-state index contributed by atoms with van der Waals surface area (Å²) >= 11 is 0. The van der Waals surface area contributed by atoms with E-state index in [1.165, 1.54) is 23.4 Å². The van der Waals surface area contributed by atoms with E-state index in [0.717, 1.165) is 12.8 Å². The van der Waals surface area contributed by atoms with Crippen molar-refractivity contribution in [2.45, 2.75) is 58.0 Å². The second-order valence-corrected chi connectivity index (χ2v) is 7.76. The number of nitrogens with zero attached hydrogens (tertiary/aromatic N) is 1. The number of rotatable bonds is 9. The summed E-state index contributed by atoms with van der Waals surface area (Å²) in [7, 11) is -3.12. The van der Waals surface area contributed by atoms with Gasteiger partial charge >= 0.3 is 0 Å². The zero-order valence-corrected chi connectivity index (χ0v) is 14.2. The van der Waals surface area contributed by atoms with E-state index in [-0.39, 0.29) is 11.9 Å². The molecule has 0 spiro atoms. The number of carbonyl (C=O) groups is 1. The van der Waals surface area contributed by atoms with E-state index in [0.29, 0.717) is 32.1 Å². The van der Waals surface area contributed by atoms with E-state index in [1.807, 2.05) is 13.8 Å². The highest BCUT2D eigenvalue weighted by atomic mass is 32.2. The van der Waals surface area contributed by atoms with Crippen molar-refractivity contribution >= 4 is 15.9 Å². The Morgan fingerprint density at radius 2 is 1.95 bits per heavy atom. The predicted molar refractivity (Wildman–Crippen MR) is 84.6 cm³/mol. The summed E-state index contributed by atoms with van der Waals surface area (Å²) in [6.07, 6.45) is 6.48. The van der Waals surface area contributed by atoms with E-state index in [1.54, 1.807) is 0 Å². The van der Waals surface area contributed by atoms with Gasteiger partial charge in [0.05, 0.1) is 12.3 Å². The summed E-state index contributed by atoms with van der Waals surface area (Å²) in [6.45, 7) is 5.27. The molecule has 0 aromatic carbocycles. The Bertz CT molecular complexity index is 419. The van der Waals surface area contributed by atoms with Crippen LogP contribution in [-0.4, -0.2) is 56.6 Å². The third-order valence-electron chi connectivity index (χ3n) is 3.95. The third kappa shape index (κ3) is 6.76. The third-order valence-corrected chi connectivity index (χ3v) is 5.33. The lowest BCUT2D eigenvalue weighted by Gasteiger charge is -2.20. The molecule has 1 aliphatic carbocycles. The van der Waals surface area contributed by atoms with Gasteiger partial charge in [-0.1, -0.05) is 19.8 Å². The molecule has 7 heteroatoms. The lowest BCUT2D eigenvalue weighted by molar-refractivity contribution is -0.123. The maximum absolute atomic E-state index is 12.0. The molecule has 124 valence electrons. The highest BCUT2D eigenvalue weighted by Gasteiger charge is 2.20. The van der Waals surface area contributed by atoms with E-state index >= 15 is 0 Å². The number of nitrogens with one attached hydrogen (secondary N) is 2. The van der Waals surface area contributed by atoms with Crippen LogP contribution in [0.4, 0.5) is 0 Å². The van der Waals surface area contributed by atoms with Crippen LogP contribution in [0, 0.1) is 0 Å². The van der Waals surface area contributed by atoms with Gasteiger partial charge in [0.1, 0.15) is 0 Å². The van der Waals surface area contributed by atoms with Crippen LogP contribution in [-0.2, 0) is 14.8 Å². The summed E-state index contributed by atoms with van der Waals surface area (Å²) in [5.41, 5.74) is 0. The van der Waals surface area contributed by atoms with Crippen LogP contribution >= 0.6 is 0 Å². The summed E-state index contributed by atoms with van der Waals surface area (Å²) in [5.74, 6) is 0.0392. The molecule has 0 radical (unpaired) electrons. The van der Waals surface area contributed by atoms with Crippen LogP contribution in [0.2, 0.25) is 0 Å². The fourth-order valence-corrected chi connectivity index (χ4v) is 3.55. The van der Waals surface area contributed by atoms with Crippen LogP contribution in [0.1, 0.15) is 46.0 Å². The normalized spacial score (nSPS) is 18.1. The molecule has 0 aromatic heterocycles. The Morgan fingerprint density at radius 3 is 2.48 bits per heavy atom. The zero-order chi connectivity index (χ0) is 15.9. The molecule has 1 unspecified atom stereocenters. The lowest BCUT2D eigenvalue weighted by atomic mass is 10.2. The SMILES string of the molecule is CCN(CCCNC(C)C(=O)NC1CCCC1)S(C)(=O)=O. The van der Waals surface area contributed by atoms with Gasteiger partial charge in [-0.15, -0.1) is 0 Å². The summed E-state index contributed by atoms with van der Waals surface area (Å²) in [6, 6.07) is 0.0986. The smallest absolute Gasteiger partial charge is 0.237 e. The first-order valence-electron chi connectivity index (χ1n) is 7.83. The minimum absolute atomic E-state index is 0.0392. The Hall–Kier alpha value is -0.660. The molecule has 0 bridgehead atoms. The summed E-state index contributed by atoms with van der Waals surface area (Å²) in [4.78, 5) is 12.0. The minimum Gasteiger partial charge on any atom is -0.352 e.